The number of amides is 2. The molecule has 0 spiro atoms. The van der Waals surface area contributed by atoms with Gasteiger partial charge in [0, 0.05) is 11.4 Å². The van der Waals surface area contributed by atoms with Crippen molar-refractivity contribution in [3.63, 3.8) is 0 Å². The first-order valence-corrected chi connectivity index (χ1v) is 9.09. The van der Waals surface area contributed by atoms with E-state index in [1.807, 2.05) is 6.07 Å². The molecular formula is C21H17ClN2O4. The predicted octanol–water partition coefficient (Wildman–Crippen LogP) is 3.24. The number of hydrogen-bond donors (Lipinski definition) is 0. The third-order valence-electron chi connectivity index (χ3n) is 4.76. The van der Waals surface area contributed by atoms with Gasteiger partial charge in [-0.15, -0.1) is 0 Å². The van der Waals surface area contributed by atoms with E-state index in [9.17, 15) is 19.6 Å². The van der Waals surface area contributed by atoms with E-state index in [4.69, 9.17) is 16.3 Å². The molecule has 28 heavy (non-hydrogen) atoms. The molecule has 1 saturated heterocycles. The van der Waals surface area contributed by atoms with Crippen molar-refractivity contribution in [2.24, 2.45) is 5.92 Å². The molecule has 2 aromatic rings. The van der Waals surface area contributed by atoms with Crippen LogP contribution in [0.25, 0.3) is 0 Å². The van der Waals surface area contributed by atoms with Gasteiger partial charge in [0.15, 0.2) is 5.41 Å². The summed E-state index contributed by atoms with van der Waals surface area (Å²) >= 11 is 5.93. The minimum atomic E-state index is -1.95. The summed E-state index contributed by atoms with van der Waals surface area (Å²) in [6.07, 6.45) is -0.275. The second kappa shape index (κ2) is 7.83. The van der Waals surface area contributed by atoms with Gasteiger partial charge in [-0.2, -0.15) is 5.26 Å². The molecule has 0 bridgehead atoms. The Balaban J connectivity index is 2.12. The normalized spacial score (nSPS) is 18.5. The Morgan fingerprint density at radius 1 is 1.21 bits per heavy atom. The second-order valence-corrected chi connectivity index (χ2v) is 6.74. The molecule has 1 heterocycles. The average molecular weight is 397 g/mol. The molecule has 2 amide bonds. The summed E-state index contributed by atoms with van der Waals surface area (Å²) in [7, 11) is 0. The zero-order valence-corrected chi connectivity index (χ0v) is 15.8. The number of benzene rings is 2. The quantitative estimate of drug-likeness (QED) is 0.572. The molecule has 6 nitrogen and oxygen atoms in total. The van der Waals surface area contributed by atoms with E-state index in [0.29, 0.717) is 10.7 Å². The highest BCUT2D eigenvalue weighted by atomic mass is 35.5. The minimum Gasteiger partial charge on any atom is -0.465 e. The molecule has 2 aromatic carbocycles. The third-order valence-corrected chi connectivity index (χ3v) is 5.01. The van der Waals surface area contributed by atoms with E-state index in [1.54, 1.807) is 37.3 Å². The first-order chi connectivity index (χ1) is 13.5. The monoisotopic (exact) mass is 396 g/mol. The number of rotatable bonds is 5. The van der Waals surface area contributed by atoms with Gasteiger partial charge >= 0.3 is 5.97 Å². The molecule has 0 saturated carbocycles. The molecule has 0 radical (unpaired) electrons. The number of carbonyl (C=O) groups excluding carboxylic acids is 3. The number of halogens is 1. The van der Waals surface area contributed by atoms with Gasteiger partial charge in [0.2, 0.25) is 11.8 Å². The van der Waals surface area contributed by atoms with Crippen LogP contribution in [0.1, 0.15) is 18.9 Å². The SMILES string of the molecule is CCOC(=O)[C@@](C#N)(c1ccc(Cl)cc1)[C@@H]1CC(=O)N(c2ccccc2)C1=O. The Morgan fingerprint density at radius 2 is 1.86 bits per heavy atom. The van der Waals surface area contributed by atoms with Crippen molar-refractivity contribution in [3.8, 4) is 6.07 Å². The number of anilines is 1. The lowest BCUT2D eigenvalue weighted by molar-refractivity contribution is -0.151. The van der Waals surface area contributed by atoms with Crippen LogP contribution in [-0.4, -0.2) is 24.4 Å². The van der Waals surface area contributed by atoms with Crippen LogP contribution in [-0.2, 0) is 24.5 Å². The van der Waals surface area contributed by atoms with Gasteiger partial charge in [0.25, 0.3) is 0 Å². The Labute approximate surface area is 167 Å². The highest BCUT2D eigenvalue weighted by Gasteiger charge is 2.58. The fourth-order valence-corrected chi connectivity index (χ4v) is 3.55. The van der Waals surface area contributed by atoms with Crippen molar-refractivity contribution in [1.29, 1.82) is 5.26 Å². The van der Waals surface area contributed by atoms with Gasteiger partial charge in [0.05, 0.1) is 24.3 Å². The molecule has 0 aromatic heterocycles. The summed E-state index contributed by atoms with van der Waals surface area (Å²) < 4.78 is 5.14. The van der Waals surface area contributed by atoms with Gasteiger partial charge in [-0.25, -0.2) is 4.79 Å². The molecule has 1 aliphatic heterocycles. The largest absolute Gasteiger partial charge is 0.465 e. The van der Waals surface area contributed by atoms with Crippen LogP contribution in [0.15, 0.2) is 54.6 Å². The van der Waals surface area contributed by atoms with E-state index in [-0.39, 0.29) is 18.6 Å². The summed E-state index contributed by atoms with van der Waals surface area (Å²) in [5.74, 6) is -3.15. The Morgan fingerprint density at radius 3 is 2.43 bits per heavy atom. The number of carbonyl (C=O) groups is 3. The van der Waals surface area contributed by atoms with Gasteiger partial charge in [0.1, 0.15) is 0 Å². The number of nitriles is 1. The standard InChI is InChI=1S/C21H17ClN2O4/c1-2-28-20(27)21(13-23,14-8-10-15(22)11-9-14)17-12-18(25)24(19(17)26)16-6-4-3-5-7-16/h3-11,17H,2,12H2,1H3/t17-,21+/m1/s1. The number of imide groups is 1. The maximum atomic E-state index is 13.2. The van der Waals surface area contributed by atoms with Crippen molar-refractivity contribution in [2.45, 2.75) is 18.8 Å². The van der Waals surface area contributed by atoms with Crippen molar-refractivity contribution in [1.82, 2.24) is 0 Å². The van der Waals surface area contributed by atoms with E-state index in [1.165, 1.54) is 24.3 Å². The summed E-state index contributed by atoms with van der Waals surface area (Å²) in [5.41, 5.74) is -1.29. The van der Waals surface area contributed by atoms with E-state index < -0.39 is 29.1 Å². The van der Waals surface area contributed by atoms with Crippen molar-refractivity contribution in [2.75, 3.05) is 11.5 Å². The van der Waals surface area contributed by atoms with E-state index >= 15 is 0 Å². The number of nitrogens with zero attached hydrogens (tertiary/aromatic N) is 2. The molecule has 3 rings (SSSR count). The van der Waals surface area contributed by atoms with Gasteiger partial charge in [-0.1, -0.05) is 41.9 Å². The second-order valence-electron chi connectivity index (χ2n) is 6.31. The number of para-hydroxylation sites is 1. The van der Waals surface area contributed by atoms with Crippen molar-refractivity contribution < 1.29 is 19.1 Å². The Kier molecular flexibility index (Phi) is 5.48. The van der Waals surface area contributed by atoms with Crippen LogP contribution in [0.4, 0.5) is 5.69 Å². The fourth-order valence-electron chi connectivity index (χ4n) is 3.43. The minimum absolute atomic E-state index is 0.0348. The van der Waals surface area contributed by atoms with Crippen LogP contribution in [0.5, 0.6) is 0 Å². The highest BCUT2D eigenvalue weighted by molar-refractivity contribution is 6.30. The molecule has 142 valence electrons. The predicted molar refractivity (Wildman–Crippen MR) is 102 cm³/mol. The lowest BCUT2D eigenvalue weighted by atomic mass is 9.70. The van der Waals surface area contributed by atoms with Crippen molar-refractivity contribution >= 4 is 35.1 Å². The molecule has 1 fully saturated rings. The lowest BCUT2D eigenvalue weighted by Gasteiger charge is -2.29. The molecule has 1 aliphatic rings. The summed E-state index contributed by atoms with van der Waals surface area (Å²) in [6, 6.07) is 16.5. The Hall–Kier alpha value is -3.17. The maximum Gasteiger partial charge on any atom is 0.331 e. The fraction of sp³-hybridized carbons (Fsp3) is 0.238. The van der Waals surface area contributed by atoms with Gasteiger partial charge < -0.3 is 4.74 Å². The van der Waals surface area contributed by atoms with Crippen LogP contribution >= 0.6 is 11.6 Å². The molecule has 2 atom stereocenters. The smallest absolute Gasteiger partial charge is 0.331 e. The molecule has 0 aliphatic carbocycles. The Bertz CT molecular complexity index is 953. The molecular weight excluding hydrogens is 380 g/mol. The first kappa shape index (κ1) is 19.6. The summed E-state index contributed by atoms with van der Waals surface area (Å²) in [6.45, 7) is 1.65. The number of ether oxygens (including phenoxy) is 1. The third kappa shape index (κ3) is 3.14. The number of esters is 1. The van der Waals surface area contributed by atoms with Crippen LogP contribution in [0, 0.1) is 17.2 Å². The van der Waals surface area contributed by atoms with Gasteiger partial charge in [-0.3, -0.25) is 14.5 Å². The van der Waals surface area contributed by atoms with E-state index in [2.05, 4.69) is 0 Å². The maximum absolute atomic E-state index is 13.2. The molecule has 7 heteroatoms. The zero-order valence-electron chi connectivity index (χ0n) is 15.1. The highest BCUT2D eigenvalue weighted by Crippen LogP contribution is 2.42. The summed E-state index contributed by atoms with van der Waals surface area (Å²) in [5, 5.41) is 10.5. The number of hydrogen-bond acceptors (Lipinski definition) is 5. The lowest BCUT2D eigenvalue weighted by Crippen LogP contribution is -2.47. The molecule has 0 N–H and O–H groups in total. The van der Waals surface area contributed by atoms with Crippen molar-refractivity contribution in [3.05, 3.63) is 65.2 Å². The zero-order chi connectivity index (χ0) is 20.3. The molecule has 0 unspecified atom stereocenters. The average Bonchev–Trinajstić information content (AvgIpc) is 2.99. The summed E-state index contributed by atoms with van der Waals surface area (Å²) in [4.78, 5) is 39.8. The van der Waals surface area contributed by atoms with Crippen LogP contribution < -0.4 is 4.90 Å². The van der Waals surface area contributed by atoms with E-state index in [0.717, 1.165) is 4.90 Å². The first-order valence-electron chi connectivity index (χ1n) is 8.72. The van der Waals surface area contributed by atoms with Crippen LogP contribution in [0.2, 0.25) is 5.02 Å². The van der Waals surface area contributed by atoms with Crippen LogP contribution in [0.3, 0.4) is 0 Å². The van der Waals surface area contributed by atoms with Gasteiger partial charge in [-0.05, 0) is 36.8 Å². The topological polar surface area (TPSA) is 87.5 Å².